The lowest BCUT2D eigenvalue weighted by Crippen LogP contribution is -2.09. The van der Waals surface area contributed by atoms with Gasteiger partial charge in [0.1, 0.15) is 5.75 Å². The van der Waals surface area contributed by atoms with Crippen LogP contribution in [0.3, 0.4) is 0 Å². The van der Waals surface area contributed by atoms with Crippen molar-refractivity contribution in [3.63, 3.8) is 0 Å². The van der Waals surface area contributed by atoms with Gasteiger partial charge in [-0.15, -0.1) is 0 Å². The van der Waals surface area contributed by atoms with E-state index in [-0.39, 0.29) is 6.04 Å². The van der Waals surface area contributed by atoms with E-state index >= 15 is 0 Å². The van der Waals surface area contributed by atoms with E-state index in [0.29, 0.717) is 5.75 Å². The second kappa shape index (κ2) is 5.91. The van der Waals surface area contributed by atoms with Gasteiger partial charge in [-0.3, -0.25) is 0 Å². The molecule has 0 bridgehead atoms. The molecule has 0 aliphatic carbocycles. The fraction of sp³-hybridized carbons (Fsp3) is 0.200. The van der Waals surface area contributed by atoms with Gasteiger partial charge in [0.15, 0.2) is 0 Å². The first-order chi connectivity index (χ1) is 8.70. The van der Waals surface area contributed by atoms with E-state index in [4.69, 9.17) is 0 Å². The summed E-state index contributed by atoms with van der Waals surface area (Å²) in [6, 6.07) is 15.6. The Bertz CT molecular complexity index is 527. The molecule has 2 aromatic carbocycles. The second-order valence-corrected chi connectivity index (χ2v) is 5.09. The van der Waals surface area contributed by atoms with E-state index in [1.165, 1.54) is 0 Å². The van der Waals surface area contributed by atoms with Crippen molar-refractivity contribution in [1.29, 1.82) is 0 Å². The minimum absolute atomic E-state index is 0.112. The fourth-order valence-electron chi connectivity index (χ4n) is 1.96. The predicted octanol–water partition coefficient (Wildman–Crippen LogP) is 4.72. The summed E-state index contributed by atoms with van der Waals surface area (Å²) >= 11 is 3.46. The number of phenols is 1. The summed E-state index contributed by atoms with van der Waals surface area (Å²) in [6.45, 7) is 2.10. The molecule has 0 aromatic heterocycles. The van der Waals surface area contributed by atoms with Gasteiger partial charge in [-0.05, 0) is 30.7 Å². The Hall–Kier alpha value is -1.48. The first-order valence-corrected chi connectivity index (χ1v) is 6.80. The number of nitrogens with one attached hydrogen (secondary N) is 1. The average molecular weight is 306 g/mol. The number of hydrogen-bond donors (Lipinski definition) is 2. The van der Waals surface area contributed by atoms with Gasteiger partial charge in [-0.2, -0.15) is 0 Å². The number of rotatable bonds is 4. The molecule has 2 aromatic rings. The van der Waals surface area contributed by atoms with Crippen molar-refractivity contribution in [3.05, 3.63) is 58.6 Å². The zero-order valence-electron chi connectivity index (χ0n) is 10.2. The molecule has 0 aliphatic rings. The van der Waals surface area contributed by atoms with Crippen molar-refractivity contribution in [3.8, 4) is 5.75 Å². The van der Waals surface area contributed by atoms with Crippen LogP contribution in [0.25, 0.3) is 0 Å². The molecule has 0 fully saturated rings. The molecule has 0 amide bonds. The van der Waals surface area contributed by atoms with Gasteiger partial charge in [0.05, 0.1) is 6.04 Å². The van der Waals surface area contributed by atoms with Gasteiger partial charge >= 0.3 is 0 Å². The van der Waals surface area contributed by atoms with E-state index in [0.717, 1.165) is 22.1 Å². The van der Waals surface area contributed by atoms with Gasteiger partial charge in [-0.1, -0.05) is 47.1 Å². The highest BCUT2D eigenvalue weighted by Gasteiger charge is 2.12. The lowest BCUT2D eigenvalue weighted by Gasteiger charge is -2.19. The molecule has 1 atom stereocenters. The van der Waals surface area contributed by atoms with Crippen molar-refractivity contribution in [2.75, 3.05) is 5.32 Å². The molecule has 0 heterocycles. The summed E-state index contributed by atoms with van der Waals surface area (Å²) in [7, 11) is 0. The summed E-state index contributed by atoms with van der Waals surface area (Å²) in [6.07, 6.45) is 0.907. The molecule has 94 valence electrons. The van der Waals surface area contributed by atoms with Crippen molar-refractivity contribution >= 4 is 21.6 Å². The average Bonchev–Trinajstić information content (AvgIpc) is 2.37. The second-order valence-electron chi connectivity index (χ2n) is 4.17. The van der Waals surface area contributed by atoms with Gasteiger partial charge in [0, 0.05) is 15.7 Å². The number of aromatic hydroxyl groups is 1. The van der Waals surface area contributed by atoms with Crippen LogP contribution in [-0.2, 0) is 0 Å². The molecule has 0 saturated carbocycles. The molecule has 1 unspecified atom stereocenters. The Morgan fingerprint density at radius 3 is 2.61 bits per heavy atom. The third kappa shape index (κ3) is 3.05. The highest BCUT2D eigenvalue weighted by Crippen LogP contribution is 2.29. The topological polar surface area (TPSA) is 32.3 Å². The Morgan fingerprint density at radius 2 is 1.94 bits per heavy atom. The molecule has 2 rings (SSSR count). The number of hydrogen-bond acceptors (Lipinski definition) is 2. The predicted molar refractivity (Wildman–Crippen MR) is 78.9 cm³/mol. The maximum atomic E-state index is 9.90. The lowest BCUT2D eigenvalue weighted by molar-refractivity contribution is 0.463. The number of phenolic OH excluding ortho intramolecular Hbond substituents is 1. The van der Waals surface area contributed by atoms with E-state index in [2.05, 4.69) is 28.2 Å². The quantitative estimate of drug-likeness (QED) is 0.857. The summed E-state index contributed by atoms with van der Waals surface area (Å²) in [5, 5.41) is 13.3. The van der Waals surface area contributed by atoms with Gasteiger partial charge in [0.25, 0.3) is 0 Å². The molecule has 0 saturated heterocycles. The molecule has 0 spiro atoms. The highest BCUT2D eigenvalue weighted by molar-refractivity contribution is 9.10. The third-order valence-electron chi connectivity index (χ3n) is 2.89. The van der Waals surface area contributed by atoms with Crippen molar-refractivity contribution < 1.29 is 5.11 Å². The zero-order chi connectivity index (χ0) is 13.0. The van der Waals surface area contributed by atoms with Crippen LogP contribution in [0.5, 0.6) is 5.75 Å². The minimum atomic E-state index is 0.112. The molecule has 0 radical (unpaired) electrons. The Morgan fingerprint density at radius 1 is 1.17 bits per heavy atom. The summed E-state index contributed by atoms with van der Waals surface area (Å²) < 4.78 is 1.04. The smallest absolute Gasteiger partial charge is 0.120 e. The van der Waals surface area contributed by atoms with Crippen LogP contribution >= 0.6 is 15.9 Å². The van der Waals surface area contributed by atoms with Crippen LogP contribution in [0.2, 0.25) is 0 Å². The maximum Gasteiger partial charge on any atom is 0.120 e. The van der Waals surface area contributed by atoms with Crippen LogP contribution in [0.1, 0.15) is 24.9 Å². The maximum absolute atomic E-state index is 9.90. The molecular formula is C15H16BrNO. The Balaban J connectivity index is 2.23. The minimum Gasteiger partial charge on any atom is -0.508 e. The van der Waals surface area contributed by atoms with Crippen molar-refractivity contribution in [2.24, 2.45) is 0 Å². The van der Waals surface area contributed by atoms with E-state index < -0.39 is 0 Å². The van der Waals surface area contributed by atoms with Crippen LogP contribution < -0.4 is 5.32 Å². The fourth-order valence-corrected chi connectivity index (χ4v) is 2.36. The monoisotopic (exact) mass is 305 g/mol. The molecule has 2 N–H and O–H groups in total. The largest absolute Gasteiger partial charge is 0.508 e. The highest BCUT2D eigenvalue weighted by atomic mass is 79.9. The molecule has 2 nitrogen and oxygen atoms in total. The van der Waals surface area contributed by atoms with E-state index in [1.54, 1.807) is 6.07 Å². The van der Waals surface area contributed by atoms with Crippen LogP contribution in [-0.4, -0.2) is 5.11 Å². The number of para-hydroxylation sites is 1. The molecular weight excluding hydrogens is 290 g/mol. The number of benzene rings is 2. The summed E-state index contributed by atoms with van der Waals surface area (Å²) in [5.74, 6) is 0.340. The SMILES string of the molecule is CCC(Nc1cccc(Br)c1)c1ccccc1O. The molecule has 18 heavy (non-hydrogen) atoms. The van der Waals surface area contributed by atoms with Gasteiger partial charge < -0.3 is 10.4 Å². The number of halogens is 1. The molecule has 3 heteroatoms. The van der Waals surface area contributed by atoms with Crippen molar-refractivity contribution in [1.82, 2.24) is 0 Å². The van der Waals surface area contributed by atoms with Crippen LogP contribution in [0.4, 0.5) is 5.69 Å². The lowest BCUT2D eigenvalue weighted by atomic mass is 10.0. The van der Waals surface area contributed by atoms with E-state index in [9.17, 15) is 5.11 Å². The van der Waals surface area contributed by atoms with Gasteiger partial charge in [0.2, 0.25) is 0 Å². The van der Waals surface area contributed by atoms with E-state index in [1.807, 2.05) is 42.5 Å². The normalized spacial score (nSPS) is 12.1. The summed E-state index contributed by atoms with van der Waals surface area (Å²) in [5.41, 5.74) is 1.97. The Labute approximate surface area is 116 Å². The van der Waals surface area contributed by atoms with Gasteiger partial charge in [-0.25, -0.2) is 0 Å². The first-order valence-electron chi connectivity index (χ1n) is 6.00. The summed E-state index contributed by atoms with van der Waals surface area (Å²) in [4.78, 5) is 0. The molecule has 0 aliphatic heterocycles. The zero-order valence-corrected chi connectivity index (χ0v) is 11.8. The van der Waals surface area contributed by atoms with Crippen LogP contribution in [0, 0.1) is 0 Å². The Kier molecular flexibility index (Phi) is 4.26. The third-order valence-corrected chi connectivity index (χ3v) is 3.38. The van der Waals surface area contributed by atoms with Crippen LogP contribution in [0.15, 0.2) is 53.0 Å². The first kappa shape index (κ1) is 13.0. The van der Waals surface area contributed by atoms with Crippen molar-refractivity contribution in [2.45, 2.75) is 19.4 Å². The number of anilines is 1. The standard InChI is InChI=1S/C15H16BrNO/c1-2-14(13-8-3-4-9-15(13)18)17-12-7-5-6-11(16)10-12/h3-10,14,17-18H,2H2,1H3.